The van der Waals surface area contributed by atoms with Gasteiger partial charge in [-0.05, 0) is 78.6 Å². The molecule has 5 rings (SSSR count). The predicted octanol–water partition coefficient (Wildman–Crippen LogP) is 7.36. The second-order valence-electron chi connectivity index (χ2n) is 9.72. The molecule has 1 aliphatic heterocycles. The van der Waals surface area contributed by atoms with E-state index in [4.69, 9.17) is 14.6 Å². The summed E-state index contributed by atoms with van der Waals surface area (Å²) < 4.78 is 13.1. The van der Waals surface area contributed by atoms with Crippen molar-refractivity contribution in [3.05, 3.63) is 77.5 Å². The topological polar surface area (TPSA) is 65.4 Å². The zero-order valence-corrected chi connectivity index (χ0v) is 21.4. The summed E-state index contributed by atoms with van der Waals surface area (Å²) in [7, 11) is 1.41. The minimum atomic E-state index is -0.372. The fourth-order valence-electron chi connectivity index (χ4n) is 5.11. The summed E-state index contributed by atoms with van der Waals surface area (Å²) in [5, 5.41) is 9.33. The molecule has 1 N–H and O–H groups in total. The number of aromatic nitrogens is 2. The third-order valence-corrected chi connectivity index (χ3v) is 6.98. The summed E-state index contributed by atoms with van der Waals surface area (Å²) in [6.07, 6.45) is 5.12. The molecule has 0 saturated carbocycles. The van der Waals surface area contributed by atoms with Crippen molar-refractivity contribution in [3.63, 3.8) is 0 Å². The Labute approximate surface area is 212 Å². The Bertz CT molecular complexity index is 1400. The summed E-state index contributed by atoms with van der Waals surface area (Å²) in [5.74, 6) is -0.0365. The number of benzene rings is 3. The summed E-state index contributed by atoms with van der Waals surface area (Å²) in [6, 6.07) is 18.3. The number of rotatable bonds is 6. The first-order valence-corrected chi connectivity index (χ1v) is 12.6. The van der Waals surface area contributed by atoms with E-state index in [0.717, 1.165) is 59.2 Å². The molecule has 1 fully saturated rings. The predicted molar refractivity (Wildman–Crippen MR) is 144 cm³/mol. The Morgan fingerprint density at radius 1 is 1.11 bits per heavy atom. The minimum Gasteiger partial charge on any atom is -0.465 e. The third kappa shape index (κ3) is 4.49. The van der Waals surface area contributed by atoms with Crippen LogP contribution >= 0.6 is 0 Å². The number of para-hydroxylation sites is 1. The number of anilines is 2. The van der Waals surface area contributed by atoms with Gasteiger partial charge in [0, 0.05) is 17.7 Å². The number of carbonyl (C=O) groups is 1. The maximum Gasteiger partial charge on any atom is 0.339 e. The van der Waals surface area contributed by atoms with Crippen LogP contribution in [0.2, 0.25) is 0 Å². The molecule has 1 atom stereocenters. The van der Waals surface area contributed by atoms with Crippen LogP contribution in [0.3, 0.4) is 0 Å². The van der Waals surface area contributed by atoms with E-state index in [1.165, 1.54) is 12.7 Å². The molecule has 1 aromatic heterocycles. The van der Waals surface area contributed by atoms with Gasteiger partial charge in [0.25, 0.3) is 0 Å². The van der Waals surface area contributed by atoms with E-state index in [2.05, 4.69) is 44.3 Å². The van der Waals surface area contributed by atoms with Crippen molar-refractivity contribution >= 4 is 28.2 Å². The number of hydrogen-bond acceptors (Lipinski definition) is 5. The number of nitrogens with zero attached hydrogens (tertiary/aromatic N) is 2. The first-order chi connectivity index (χ1) is 17.5. The van der Waals surface area contributed by atoms with Gasteiger partial charge in [-0.2, -0.15) is 5.10 Å². The number of fused-ring (bicyclic) bond motifs is 1. The van der Waals surface area contributed by atoms with E-state index in [0.29, 0.717) is 17.2 Å². The normalized spacial score (nSPS) is 15.9. The molecule has 2 heterocycles. The molecular weight excluding hydrogens is 450 g/mol. The molecule has 186 valence electrons. The molecule has 4 aromatic rings. The number of esters is 1. The number of carbonyl (C=O) groups excluding carboxylic acids is 1. The van der Waals surface area contributed by atoms with Gasteiger partial charge in [-0.15, -0.1) is 0 Å². The highest BCUT2D eigenvalue weighted by Gasteiger charge is 2.21. The van der Waals surface area contributed by atoms with Gasteiger partial charge in [-0.3, -0.25) is 0 Å². The fraction of sp³-hybridized carbons (Fsp3) is 0.333. The molecule has 1 aliphatic rings. The summed E-state index contributed by atoms with van der Waals surface area (Å²) in [5.41, 5.74) is 7.69. The standard InChI is InChI=1S/C30H33N3O3/c1-19(2)22-9-5-6-10-25(22)32-26-17-21(13-14-23(26)30(34)35-4)29-20(3)12-15-27-24(29)18-31-33(27)28-11-7-8-16-36-28/h5-6,9-10,12-15,17-19,28,32H,7-8,11,16H2,1-4H3. The van der Waals surface area contributed by atoms with Crippen LogP contribution in [0.15, 0.2) is 60.8 Å². The van der Waals surface area contributed by atoms with Gasteiger partial charge in [0.15, 0.2) is 6.23 Å². The van der Waals surface area contributed by atoms with Crippen LogP contribution in [0.25, 0.3) is 22.0 Å². The van der Waals surface area contributed by atoms with Crippen LogP contribution in [-0.4, -0.2) is 29.5 Å². The van der Waals surface area contributed by atoms with Crippen LogP contribution in [-0.2, 0) is 9.47 Å². The van der Waals surface area contributed by atoms with E-state index in [-0.39, 0.29) is 12.2 Å². The lowest BCUT2D eigenvalue weighted by molar-refractivity contribution is -0.0366. The molecule has 0 spiro atoms. The number of aryl methyl sites for hydroxylation is 1. The van der Waals surface area contributed by atoms with Gasteiger partial charge in [0.05, 0.1) is 30.1 Å². The largest absolute Gasteiger partial charge is 0.465 e. The van der Waals surface area contributed by atoms with Gasteiger partial charge in [-0.1, -0.05) is 44.2 Å². The van der Waals surface area contributed by atoms with Crippen molar-refractivity contribution < 1.29 is 14.3 Å². The van der Waals surface area contributed by atoms with Crippen molar-refractivity contribution in [1.29, 1.82) is 0 Å². The van der Waals surface area contributed by atoms with E-state index in [9.17, 15) is 4.79 Å². The molecule has 6 nitrogen and oxygen atoms in total. The monoisotopic (exact) mass is 483 g/mol. The second kappa shape index (κ2) is 10.2. The fourth-order valence-corrected chi connectivity index (χ4v) is 5.11. The molecule has 0 amide bonds. The lowest BCUT2D eigenvalue weighted by atomic mass is 9.95. The summed E-state index contributed by atoms with van der Waals surface area (Å²) >= 11 is 0. The van der Waals surface area contributed by atoms with Crippen LogP contribution in [0.1, 0.15) is 66.7 Å². The molecule has 1 saturated heterocycles. The van der Waals surface area contributed by atoms with E-state index < -0.39 is 0 Å². The summed E-state index contributed by atoms with van der Waals surface area (Å²) in [6.45, 7) is 7.21. The van der Waals surface area contributed by atoms with Gasteiger partial charge < -0.3 is 14.8 Å². The van der Waals surface area contributed by atoms with Crippen LogP contribution in [0.4, 0.5) is 11.4 Å². The Kier molecular flexibility index (Phi) is 6.79. The number of nitrogens with one attached hydrogen (secondary N) is 1. The highest BCUT2D eigenvalue weighted by atomic mass is 16.5. The van der Waals surface area contributed by atoms with Gasteiger partial charge in [0.2, 0.25) is 0 Å². The lowest BCUT2D eigenvalue weighted by Crippen LogP contribution is -2.18. The average molecular weight is 484 g/mol. The van der Waals surface area contributed by atoms with E-state index in [1.807, 2.05) is 47.3 Å². The number of methoxy groups -OCH3 is 1. The van der Waals surface area contributed by atoms with Crippen molar-refractivity contribution in [3.8, 4) is 11.1 Å². The molecule has 0 radical (unpaired) electrons. The zero-order valence-electron chi connectivity index (χ0n) is 21.4. The van der Waals surface area contributed by atoms with Crippen molar-refractivity contribution in [1.82, 2.24) is 9.78 Å². The van der Waals surface area contributed by atoms with Gasteiger partial charge in [-0.25, -0.2) is 9.48 Å². The maximum absolute atomic E-state index is 12.7. The number of ether oxygens (including phenoxy) is 2. The van der Waals surface area contributed by atoms with Crippen LogP contribution in [0.5, 0.6) is 0 Å². The number of hydrogen-bond donors (Lipinski definition) is 1. The van der Waals surface area contributed by atoms with Crippen molar-refractivity contribution in [2.45, 2.75) is 52.2 Å². The molecule has 36 heavy (non-hydrogen) atoms. The Morgan fingerprint density at radius 2 is 1.94 bits per heavy atom. The third-order valence-electron chi connectivity index (χ3n) is 6.98. The quantitative estimate of drug-likeness (QED) is 0.290. The molecule has 3 aromatic carbocycles. The van der Waals surface area contributed by atoms with Crippen molar-refractivity contribution in [2.24, 2.45) is 0 Å². The lowest BCUT2D eigenvalue weighted by Gasteiger charge is -2.23. The van der Waals surface area contributed by atoms with E-state index in [1.54, 1.807) is 0 Å². The highest BCUT2D eigenvalue weighted by molar-refractivity contribution is 6.01. The first kappa shape index (κ1) is 24.1. The molecule has 0 bridgehead atoms. The SMILES string of the molecule is COC(=O)c1ccc(-c2c(C)ccc3c2cnn3C2CCCCO2)cc1Nc1ccccc1C(C)C. The first-order valence-electron chi connectivity index (χ1n) is 12.6. The Balaban J connectivity index is 1.62. The maximum atomic E-state index is 12.7. The molecule has 0 aliphatic carbocycles. The van der Waals surface area contributed by atoms with E-state index >= 15 is 0 Å². The molecule has 6 heteroatoms. The van der Waals surface area contributed by atoms with Gasteiger partial charge >= 0.3 is 5.97 Å². The highest BCUT2D eigenvalue weighted by Crippen LogP contribution is 2.37. The smallest absolute Gasteiger partial charge is 0.339 e. The van der Waals surface area contributed by atoms with Crippen LogP contribution in [0, 0.1) is 6.92 Å². The zero-order chi connectivity index (χ0) is 25.2. The Morgan fingerprint density at radius 3 is 2.69 bits per heavy atom. The second-order valence-corrected chi connectivity index (χ2v) is 9.72. The minimum absolute atomic E-state index is 0.0294. The average Bonchev–Trinajstić information content (AvgIpc) is 3.33. The molecule has 1 unspecified atom stereocenters. The molecular formula is C30H33N3O3. The van der Waals surface area contributed by atoms with Crippen molar-refractivity contribution in [2.75, 3.05) is 19.0 Å². The van der Waals surface area contributed by atoms with Gasteiger partial charge in [0.1, 0.15) is 0 Å². The Hall–Kier alpha value is -3.64. The van der Waals surface area contributed by atoms with Crippen LogP contribution < -0.4 is 5.32 Å². The summed E-state index contributed by atoms with van der Waals surface area (Å²) in [4.78, 5) is 12.7.